The molecule has 0 aromatic heterocycles. The summed E-state index contributed by atoms with van der Waals surface area (Å²) < 4.78 is 13.6. The van der Waals surface area contributed by atoms with Crippen LogP contribution in [-0.4, -0.2) is 5.11 Å². The van der Waals surface area contributed by atoms with E-state index in [4.69, 9.17) is 23.2 Å². The Labute approximate surface area is 122 Å². The fraction of sp³-hybridized carbons (Fsp3) is 0.0769. The summed E-state index contributed by atoms with van der Waals surface area (Å²) in [4.78, 5) is 0. The first kappa shape index (κ1) is 13.8. The second-order valence-corrected chi connectivity index (χ2v) is 5.33. The van der Waals surface area contributed by atoms with Gasteiger partial charge in [-0.25, -0.2) is 4.39 Å². The molecule has 0 saturated carbocycles. The number of aliphatic hydroxyl groups is 1. The molecule has 18 heavy (non-hydrogen) atoms. The van der Waals surface area contributed by atoms with Crippen molar-refractivity contribution in [2.45, 2.75) is 6.10 Å². The van der Waals surface area contributed by atoms with Crippen LogP contribution in [0.4, 0.5) is 4.39 Å². The predicted molar refractivity (Wildman–Crippen MR) is 74.6 cm³/mol. The Morgan fingerprint density at radius 3 is 2.50 bits per heavy atom. The number of halogens is 4. The molecule has 2 aromatic rings. The monoisotopic (exact) mass is 348 g/mol. The largest absolute Gasteiger partial charge is 0.384 e. The molecule has 0 aliphatic heterocycles. The van der Waals surface area contributed by atoms with Crippen LogP contribution in [-0.2, 0) is 0 Å². The highest BCUT2D eigenvalue weighted by molar-refractivity contribution is 9.10. The Balaban J connectivity index is 2.44. The molecule has 0 aliphatic carbocycles. The first-order valence-corrected chi connectivity index (χ1v) is 6.62. The summed E-state index contributed by atoms with van der Waals surface area (Å²) in [5.74, 6) is -0.424. The lowest BCUT2D eigenvalue weighted by atomic mass is 10.0. The third kappa shape index (κ3) is 2.69. The van der Waals surface area contributed by atoms with Gasteiger partial charge in [-0.05, 0) is 39.7 Å². The van der Waals surface area contributed by atoms with E-state index < -0.39 is 11.9 Å². The van der Waals surface area contributed by atoms with Gasteiger partial charge in [0.2, 0.25) is 0 Å². The predicted octanol–water partition coefficient (Wildman–Crippen LogP) is 4.98. The highest BCUT2D eigenvalue weighted by Gasteiger charge is 2.16. The van der Waals surface area contributed by atoms with Crippen LogP contribution in [0, 0.1) is 5.82 Å². The molecule has 1 atom stereocenters. The van der Waals surface area contributed by atoms with Gasteiger partial charge in [-0.1, -0.05) is 41.4 Å². The zero-order valence-electron chi connectivity index (χ0n) is 9.00. The molecule has 0 fully saturated rings. The van der Waals surface area contributed by atoms with Gasteiger partial charge in [0.25, 0.3) is 0 Å². The number of hydrogen-bond acceptors (Lipinski definition) is 1. The Bertz CT molecular complexity index is 589. The number of rotatable bonds is 2. The summed E-state index contributed by atoms with van der Waals surface area (Å²) in [5, 5.41) is 11.0. The van der Waals surface area contributed by atoms with Gasteiger partial charge in [-0.15, -0.1) is 0 Å². The molecule has 2 aromatic carbocycles. The Morgan fingerprint density at radius 2 is 1.83 bits per heavy atom. The van der Waals surface area contributed by atoms with Gasteiger partial charge in [0.15, 0.2) is 0 Å². The van der Waals surface area contributed by atoms with Crippen LogP contribution in [0.25, 0.3) is 0 Å². The minimum Gasteiger partial charge on any atom is -0.384 e. The first-order valence-electron chi connectivity index (χ1n) is 5.07. The third-order valence-electron chi connectivity index (χ3n) is 2.54. The van der Waals surface area contributed by atoms with Crippen LogP contribution in [0.3, 0.4) is 0 Å². The van der Waals surface area contributed by atoms with Crippen molar-refractivity contribution in [1.29, 1.82) is 0 Å². The quantitative estimate of drug-likeness (QED) is 0.810. The van der Waals surface area contributed by atoms with Gasteiger partial charge in [-0.2, -0.15) is 0 Å². The highest BCUT2D eigenvalue weighted by Crippen LogP contribution is 2.33. The van der Waals surface area contributed by atoms with E-state index in [0.29, 0.717) is 21.2 Å². The average molecular weight is 350 g/mol. The molecular formula is C13H8BrCl2FO. The van der Waals surface area contributed by atoms with Crippen molar-refractivity contribution >= 4 is 39.1 Å². The minimum absolute atomic E-state index is 0.239. The van der Waals surface area contributed by atoms with Crippen LogP contribution >= 0.6 is 39.1 Å². The van der Waals surface area contributed by atoms with Crippen molar-refractivity contribution in [1.82, 2.24) is 0 Å². The summed E-state index contributed by atoms with van der Waals surface area (Å²) in [6, 6.07) is 9.30. The molecular weight excluding hydrogens is 342 g/mol. The normalized spacial score (nSPS) is 12.5. The molecule has 1 N–H and O–H groups in total. The Kier molecular flexibility index (Phi) is 4.28. The Hall–Kier alpha value is -0.610. The standard InChI is InChI=1S/C13H8BrCl2FO/c14-12-8(2-1-3-11(12)17)13(18)7-4-5-9(15)10(16)6-7/h1-6,13,18H. The molecule has 0 radical (unpaired) electrons. The fourth-order valence-corrected chi connectivity index (χ4v) is 2.38. The lowest BCUT2D eigenvalue weighted by Gasteiger charge is -2.14. The molecule has 5 heteroatoms. The molecule has 0 saturated heterocycles. The average Bonchev–Trinajstić information content (AvgIpc) is 2.35. The van der Waals surface area contributed by atoms with Crippen molar-refractivity contribution in [3.63, 3.8) is 0 Å². The summed E-state index contributed by atoms with van der Waals surface area (Å²) >= 11 is 14.8. The summed E-state index contributed by atoms with van der Waals surface area (Å²) in [6.07, 6.45) is -0.968. The van der Waals surface area contributed by atoms with E-state index in [1.165, 1.54) is 12.1 Å². The van der Waals surface area contributed by atoms with Crippen molar-refractivity contribution in [3.05, 3.63) is 67.9 Å². The topological polar surface area (TPSA) is 20.2 Å². The van der Waals surface area contributed by atoms with E-state index in [-0.39, 0.29) is 4.47 Å². The van der Waals surface area contributed by atoms with E-state index in [1.54, 1.807) is 24.3 Å². The van der Waals surface area contributed by atoms with Crippen LogP contribution in [0.5, 0.6) is 0 Å². The molecule has 0 heterocycles. The molecule has 0 amide bonds. The van der Waals surface area contributed by atoms with E-state index in [9.17, 15) is 9.50 Å². The van der Waals surface area contributed by atoms with Crippen LogP contribution in [0.15, 0.2) is 40.9 Å². The summed E-state index contributed by atoms with van der Waals surface area (Å²) in [6.45, 7) is 0. The highest BCUT2D eigenvalue weighted by atomic mass is 79.9. The van der Waals surface area contributed by atoms with E-state index in [1.807, 2.05) is 0 Å². The Morgan fingerprint density at radius 1 is 1.11 bits per heavy atom. The third-order valence-corrected chi connectivity index (χ3v) is 4.11. The van der Waals surface area contributed by atoms with Crippen molar-refractivity contribution in [2.75, 3.05) is 0 Å². The van der Waals surface area contributed by atoms with Gasteiger partial charge in [0.05, 0.1) is 14.5 Å². The molecule has 0 spiro atoms. The van der Waals surface area contributed by atoms with Gasteiger partial charge in [0, 0.05) is 5.56 Å². The smallest absolute Gasteiger partial charge is 0.137 e. The second-order valence-electron chi connectivity index (χ2n) is 3.72. The van der Waals surface area contributed by atoms with Crippen LogP contribution < -0.4 is 0 Å². The maximum absolute atomic E-state index is 13.4. The fourth-order valence-electron chi connectivity index (χ4n) is 1.59. The van der Waals surface area contributed by atoms with Gasteiger partial charge in [0.1, 0.15) is 11.9 Å². The van der Waals surface area contributed by atoms with E-state index in [2.05, 4.69) is 15.9 Å². The minimum atomic E-state index is -0.968. The number of benzene rings is 2. The van der Waals surface area contributed by atoms with Gasteiger partial charge in [-0.3, -0.25) is 0 Å². The molecule has 2 rings (SSSR count). The van der Waals surface area contributed by atoms with Gasteiger partial charge < -0.3 is 5.11 Å². The zero-order chi connectivity index (χ0) is 13.3. The lowest BCUT2D eigenvalue weighted by Crippen LogP contribution is -2.01. The number of aliphatic hydroxyl groups excluding tert-OH is 1. The molecule has 1 unspecified atom stereocenters. The van der Waals surface area contributed by atoms with E-state index >= 15 is 0 Å². The molecule has 0 aliphatic rings. The number of hydrogen-bond donors (Lipinski definition) is 1. The lowest BCUT2D eigenvalue weighted by molar-refractivity contribution is 0.219. The maximum Gasteiger partial charge on any atom is 0.137 e. The van der Waals surface area contributed by atoms with Crippen molar-refractivity contribution in [3.8, 4) is 0 Å². The molecule has 1 nitrogen and oxygen atoms in total. The van der Waals surface area contributed by atoms with Gasteiger partial charge >= 0.3 is 0 Å². The second kappa shape index (κ2) is 5.57. The van der Waals surface area contributed by atoms with Crippen LogP contribution in [0.2, 0.25) is 10.0 Å². The summed E-state index contributed by atoms with van der Waals surface area (Å²) in [5.41, 5.74) is 0.990. The van der Waals surface area contributed by atoms with Crippen molar-refractivity contribution < 1.29 is 9.50 Å². The molecule has 0 bridgehead atoms. The van der Waals surface area contributed by atoms with Crippen LogP contribution in [0.1, 0.15) is 17.2 Å². The zero-order valence-corrected chi connectivity index (χ0v) is 12.1. The van der Waals surface area contributed by atoms with Crippen molar-refractivity contribution in [2.24, 2.45) is 0 Å². The van der Waals surface area contributed by atoms with E-state index in [0.717, 1.165) is 0 Å². The summed E-state index contributed by atoms with van der Waals surface area (Å²) in [7, 11) is 0. The SMILES string of the molecule is OC(c1ccc(Cl)c(Cl)c1)c1cccc(F)c1Br. The first-order chi connectivity index (χ1) is 8.50. The maximum atomic E-state index is 13.4. The molecule has 94 valence electrons.